The third-order valence-electron chi connectivity index (χ3n) is 6.88. The van der Waals surface area contributed by atoms with Crippen LogP contribution < -0.4 is 10.6 Å². The zero-order valence-corrected chi connectivity index (χ0v) is 16.4. The zero-order valence-electron chi connectivity index (χ0n) is 16.4. The molecule has 2 N–H and O–H groups in total. The smallest absolute Gasteiger partial charge is 0.262 e. The number of imide groups is 2. The van der Waals surface area contributed by atoms with Crippen molar-refractivity contribution in [1.29, 1.82) is 0 Å². The summed E-state index contributed by atoms with van der Waals surface area (Å²) in [5.74, 6) is -1.22. The van der Waals surface area contributed by atoms with Crippen LogP contribution in [0.3, 0.4) is 0 Å². The monoisotopic (exact) mass is 396 g/mol. The fraction of sp³-hybridized carbons (Fsp3) is 0.524. The molecule has 29 heavy (non-hydrogen) atoms. The molecule has 0 bridgehead atoms. The number of benzene rings is 1. The molecule has 4 amide bonds. The second-order valence-corrected chi connectivity index (χ2v) is 8.98. The summed E-state index contributed by atoms with van der Waals surface area (Å²) in [5, 5.41) is 5.69. The molecule has 3 unspecified atom stereocenters. The fourth-order valence-electron chi connectivity index (χ4n) is 5.27. The first-order chi connectivity index (χ1) is 13.9. The van der Waals surface area contributed by atoms with Crippen molar-refractivity contribution in [3.63, 3.8) is 0 Å². The largest absolute Gasteiger partial charge is 0.316 e. The van der Waals surface area contributed by atoms with Gasteiger partial charge in [0, 0.05) is 32.6 Å². The highest BCUT2D eigenvalue weighted by Gasteiger charge is 2.47. The summed E-state index contributed by atoms with van der Waals surface area (Å²) < 4.78 is 0. The number of nitrogens with one attached hydrogen (secondary N) is 2. The van der Waals surface area contributed by atoms with Crippen molar-refractivity contribution in [2.24, 2.45) is 11.3 Å². The van der Waals surface area contributed by atoms with E-state index >= 15 is 0 Å². The molecule has 152 valence electrons. The molecule has 4 heterocycles. The molecule has 0 radical (unpaired) electrons. The van der Waals surface area contributed by atoms with Crippen LogP contribution in [-0.2, 0) is 16.1 Å². The van der Waals surface area contributed by atoms with E-state index in [0.717, 1.165) is 43.2 Å². The lowest BCUT2D eigenvalue weighted by Crippen LogP contribution is -2.54. The van der Waals surface area contributed by atoms with Crippen LogP contribution in [0.15, 0.2) is 18.2 Å². The Balaban J connectivity index is 1.35. The molecule has 3 atom stereocenters. The minimum absolute atomic E-state index is 0.124. The number of nitrogens with zero attached hydrogens (tertiary/aromatic N) is 2. The van der Waals surface area contributed by atoms with Crippen LogP contribution in [0.5, 0.6) is 0 Å². The van der Waals surface area contributed by atoms with Crippen molar-refractivity contribution in [2.45, 2.75) is 32.4 Å². The lowest BCUT2D eigenvalue weighted by molar-refractivity contribution is -0.136. The highest BCUT2D eigenvalue weighted by molar-refractivity contribution is 6.23. The van der Waals surface area contributed by atoms with Gasteiger partial charge in [-0.15, -0.1) is 0 Å². The highest BCUT2D eigenvalue weighted by Crippen LogP contribution is 2.39. The maximum Gasteiger partial charge on any atom is 0.262 e. The standard InChI is InChI=1S/C21H24N4O4/c1-21-10-22-7-13(21)9-24(11-21)8-12-2-3-14-15(6-12)20(29)25(19(14)28)16-4-5-17(26)23-18(16)27/h2-3,6,13,16,22H,4-5,7-11H2,1H3,(H,23,26,27). The number of carbonyl (C=O) groups is 4. The summed E-state index contributed by atoms with van der Waals surface area (Å²) in [4.78, 5) is 52.7. The van der Waals surface area contributed by atoms with Crippen LogP contribution in [0, 0.1) is 11.3 Å². The molecule has 1 aromatic carbocycles. The Morgan fingerprint density at radius 2 is 1.93 bits per heavy atom. The van der Waals surface area contributed by atoms with E-state index in [-0.39, 0.29) is 18.7 Å². The van der Waals surface area contributed by atoms with E-state index in [0.29, 0.717) is 22.5 Å². The molecule has 4 aliphatic heterocycles. The Morgan fingerprint density at radius 1 is 1.14 bits per heavy atom. The number of amides is 4. The number of rotatable bonds is 3. The SMILES string of the molecule is CC12CNCC1CN(Cc1ccc3c(c1)C(=O)N(C1CCC(=O)NC1=O)C3=O)C2. The Labute approximate surface area is 168 Å². The Morgan fingerprint density at radius 3 is 2.69 bits per heavy atom. The Bertz CT molecular complexity index is 945. The van der Waals surface area contributed by atoms with E-state index in [1.54, 1.807) is 12.1 Å². The molecule has 5 rings (SSSR count). The topological polar surface area (TPSA) is 98.8 Å². The lowest BCUT2D eigenvalue weighted by atomic mass is 9.83. The minimum atomic E-state index is -0.922. The van der Waals surface area contributed by atoms with Crippen molar-refractivity contribution >= 4 is 23.6 Å². The molecule has 0 aromatic heterocycles. The quantitative estimate of drug-likeness (QED) is 0.705. The summed E-state index contributed by atoms with van der Waals surface area (Å²) in [6.45, 7) is 7.17. The maximum absolute atomic E-state index is 13.0. The molecule has 3 fully saturated rings. The van der Waals surface area contributed by atoms with Crippen LogP contribution in [0.4, 0.5) is 0 Å². The minimum Gasteiger partial charge on any atom is -0.316 e. The molecular formula is C21H24N4O4. The second-order valence-electron chi connectivity index (χ2n) is 8.98. The van der Waals surface area contributed by atoms with Gasteiger partial charge in [-0.1, -0.05) is 13.0 Å². The van der Waals surface area contributed by atoms with E-state index in [9.17, 15) is 19.2 Å². The van der Waals surface area contributed by atoms with Gasteiger partial charge < -0.3 is 5.32 Å². The molecule has 0 aliphatic carbocycles. The van der Waals surface area contributed by atoms with Crippen molar-refractivity contribution in [3.05, 3.63) is 34.9 Å². The van der Waals surface area contributed by atoms with Crippen LogP contribution >= 0.6 is 0 Å². The molecule has 3 saturated heterocycles. The second kappa shape index (κ2) is 6.47. The fourth-order valence-corrected chi connectivity index (χ4v) is 5.27. The van der Waals surface area contributed by atoms with Crippen LogP contribution in [-0.4, -0.2) is 65.6 Å². The number of carbonyl (C=O) groups excluding carboxylic acids is 4. The van der Waals surface area contributed by atoms with Crippen molar-refractivity contribution in [1.82, 2.24) is 20.4 Å². The first-order valence-electron chi connectivity index (χ1n) is 10.1. The molecule has 8 heteroatoms. The number of fused-ring (bicyclic) bond motifs is 2. The van der Waals surface area contributed by atoms with Gasteiger partial charge in [0.05, 0.1) is 11.1 Å². The van der Waals surface area contributed by atoms with Crippen molar-refractivity contribution in [2.75, 3.05) is 26.2 Å². The summed E-state index contributed by atoms with van der Waals surface area (Å²) in [6, 6.07) is 4.45. The molecule has 0 saturated carbocycles. The van der Waals surface area contributed by atoms with E-state index in [2.05, 4.69) is 22.5 Å². The van der Waals surface area contributed by atoms with E-state index in [4.69, 9.17) is 0 Å². The third kappa shape index (κ3) is 2.89. The van der Waals surface area contributed by atoms with Gasteiger partial charge >= 0.3 is 0 Å². The predicted octanol–water partition coefficient (Wildman–Crippen LogP) is 0.129. The average molecular weight is 396 g/mol. The molecule has 4 aliphatic rings. The number of likely N-dealkylation sites (tertiary alicyclic amines) is 1. The Hall–Kier alpha value is -2.58. The third-order valence-corrected chi connectivity index (χ3v) is 6.88. The van der Waals surface area contributed by atoms with Gasteiger partial charge in [0.2, 0.25) is 11.8 Å². The van der Waals surface area contributed by atoms with Gasteiger partial charge in [0.15, 0.2) is 0 Å². The van der Waals surface area contributed by atoms with Gasteiger partial charge in [-0.3, -0.25) is 34.3 Å². The number of piperidine rings is 1. The highest BCUT2D eigenvalue weighted by atomic mass is 16.2. The first kappa shape index (κ1) is 18.4. The van der Waals surface area contributed by atoms with Crippen molar-refractivity contribution < 1.29 is 19.2 Å². The lowest BCUT2D eigenvalue weighted by Gasteiger charge is -2.27. The van der Waals surface area contributed by atoms with E-state index in [1.807, 2.05) is 6.07 Å². The van der Waals surface area contributed by atoms with Gasteiger partial charge in [-0.05, 0) is 42.0 Å². The summed E-state index contributed by atoms with van der Waals surface area (Å²) in [7, 11) is 0. The van der Waals surface area contributed by atoms with Crippen molar-refractivity contribution in [3.8, 4) is 0 Å². The summed E-state index contributed by atoms with van der Waals surface area (Å²) >= 11 is 0. The van der Waals surface area contributed by atoms with E-state index in [1.165, 1.54) is 0 Å². The summed E-state index contributed by atoms with van der Waals surface area (Å²) in [5.41, 5.74) is 1.97. The van der Waals surface area contributed by atoms with Gasteiger partial charge in [0.25, 0.3) is 11.8 Å². The molecule has 8 nitrogen and oxygen atoms in total. The van der Waals surface area contributed by atoms with Gasteiger partial charge in [0.1, 0.15) is 6.04 Å². The van der Waals surface area contributed by atoms with Crippen LogP contribution in [0.2, 0.25) is 0 Å². The molecular weight excluding hydrogens is 372 g/mol. The normalized spacial score (nSPS) is 32.0. The average Bonchev–Trinajstić information content (AvgIpc) is 3.24. The van der Waals surface area contributed by atoms with Gasteiger partial charge in [-0.2, -0.15) is 0 Å². The maximum atomic E-state index is 13.0. The summed E-state index contributed by atoms with van der Waals surface area (Å²) in [6.07, 6.45) is 0.295. The number of hydrogen-bond acceptors (Lipinski definition) is 6. The van der Waals surface area contributed by atoms with Crippen LogP contribution in [0.1, 0.15) is 46.0 Å². The van der Waals surface area contributed by atoms with E-state index < -0.39 is 23.8 Å². The van der Waals surface area contributed by atoms with Gasteiger partial charge in [-0.25, -0.2) is 0 Å². The molecule has 1 aromatic rings. The Kier molecular flexibility index (Phi) is 4.11. The first-order valence-corrected chi connectivity index (χ1v) is 10.1. The molecule has 0 spiro atoms. The zero-order chi connectivity index (χ0) is 20.3. The van der Waals surface area contributed by atoms with Crippen LogP contribution in [0.25, 0.3) is 0 Å². The predicted molar refractivity (Wildman–Crippen MR) is 103 cm³/mol. The number of hydrogen-bond donors (Lipinski definition) is 2.